The van der Waals surface area contributed by atoms with E-state index in [0.717, 1.165) is 6.07 Å². The number of carboxylic acid groups (broad SMARTS) is 1. The van der Waals surface area contributed by atoms with Gasteiger partial charge in [0.25, 0.3) is 0 Å². The van der Waals surface area contributed by atoms with Gasteiger partial charge in [-0.3, -0.25) is 9.69 Å². The molecule has 0 radical (unpaired) electrons. The number of carbonyl (C=O) groups is 1. The van der Waals surface area contributed by atoms with Crippen molar-refractivity contribution < 1.29 is 22.7 Å². The molecule has 0 aromatic heterocycles. The summed E-state index contributed by atoms with van der Waals surface area (Å²) in [6, 6.07) is 3.75. The molecule has 0 saturated carbocycles. The molecule has 2 atom stereocenters. The minimum absolute atomic E-state index is 0.129. The van der Waals surface area contributed by atoms with Crippen LogP contribution in [0.1, 0.15) is 19.8 Å². The summed E-state index contributed by atoms with van der Waals surface area (Å²) in [7, 11) is -3.82. The Morgan fingerprint density at radius 3 is 2.86 bits per heavy atom. The van der Waals surface area contributed by atoms with Crippen molar-refractivity contribution in [2.75, 3.05) is 13.1 Å². The zero-order valence-electron chi connectivity index (χ0n) is 12.2. The summed E-state index contributed by atoms with van der Waals surface area (Å²) in [5, 5.41) is 9.04. The number of piperidine rings is 1. The number of hydrogen-bond donors (Lipinski definition) is 2. The Morgan fingerprint density at radius 2 is 2.23 bits per heavy atom. The van der Waals surface area contributed by atoms with Crippen LogP contribution >= 0.6 is 0 Å². The summed E-state index contributed by atoms with van der Waals surface area (Å²) < 4.78 is 40.2. The van der Waals surface area contributed by atoms with E-state index in [2.05, 4.69) is 4.72 Å². The molecule has 1 aliphatic rings. The van der Waals surface area contributed by atoms with Crippen molar-refractivity contribution in [1.29, 1.82) is 0 Å². The molecule has 0 aliphatic carbocycles. The van der Waals surface area contributed by atoms with Crippen LogP contribution in [0.3, 0.4) is 0 Å². The van der Waals surface area contributed by atoms with Gasteiger partial charge in [-0.1, -0.05) is 6.07 Å². The van der Waals surface area contributed by atoms with Gasteiger partial charge in [0.05, 0.1) is 4.90 Å². The quantitative estimate of drug-likeness (QED) is 0.842. The van der Waals surface area contributed by atoms with Gasteiger partial charge in [-0.05, 0) is 44.5 Å². The van der Waals surface area contributed by atoms with E-state index < -0.39 is 27.9 Å². The van der Waals surface area contributed by atoms with Gasteiger partial charge in [0.15, 0.2) is 0 Å². The van der Waals surface area contributed by atoms with Crippen molar-refractivity contribution >= 4 is 16.0 Å². The van der Waals surface area contributed by atoms with Gasteiger partial charge in [-0.25, -0.2) is 17.5 Å². The highest BCUT2D eigenvalue weighted by Gasteiger charge is 2.29. The van der Waals surface area contributed by atoms with Crippen molar-refractivity contribution in [3.05, 3.63) is 30.1 Å². The fourth-order valence-corrected chi connectivity index (χ4v) is 3.82. The molecule has 1 aromatic carbocycles. The summed E-state index contributed by atoms with van der Waals surface area (Å²) in [5.74, 6) is -1.55. The van der Waals surface area contributed by atoms with E-state index in [1.54, 1.807) is 11.8 Å². The molecule has 1 saturated heterocycles. The first-order valence-corrected chi connectivity index (χ1v) is 8.52. The number of halogens is 1. The molecule has 2 N–H and O–H groups in total. The molecule has 1 aliphatic heterocycles. The lowest BCUT2D eigenvalue weighted by Crippen LogP contribution is -2.52. The average molecular weight is 330 g/mol. The van der Waals surface area contributed by atoms with E-state index in [1.165, 1.54) is 18.2 Å². The predicted octanol–water partition coefficient (Wildman–Crippen LogP) is 1.04. The van der Waals surface area contributed by atoms with Gasteiger partial charge < -0.3 is 5.11 Å². The molecule has 0 spiro atoms. The lowest BCUT2D eigenvalue weighted by Gasteiger charge is -2.35. The number of nitrogens with one attached hydrogen (secondary N) is 1. The third-order valence-corrected chi connectivity index (χ3v) is 5.30. The van der Waals surface area contributed by atoms with Crippen LogP contribution in [-0.2, 0) is 14.8 Å². The molecule has 0 bridgehead atoms. The molecule has 2 rings (SSSR count). The smallest absolute Gasteiger partial charge is 0.320 e. The highest BCUT2D eigenvalue weighted by molar-refractivity contribution is 7.89. The summed E-state index contributed by atoms with van der Waals surface area (Å²) in [6.07, 6.45) is 1.32. The Bertz CT molecular complexity index is 650. The maximum Gasteiger partial charge on any atom is 0.320 e. The highest BCUT2D eigenvalue weighted by atomic mass is 32.2. The molecule has 8 heteroatoms. The monoisotopic (exact) mass is 330 g/mol. The summed E-state index contributed by atoms with van der Waals surface area (Å²) in [5.41, 5.74) is 0. The maximum atomic E-state index is 13.2. The van der Waals surface area contributed by atoms with Crippen LogP contribution in [-0.4, -0.2) is 49.6 Å². The molecular weight excluding hydrogens is 311 g/mol. The van der Waals surface area contributed by atoms with Crippen LogP contribution in [0.15, 0.2) is 29.2 Å². The Hall–Kier alpha value is -1.51. The van der Waals surface area contributed by atoms with Crippen molar-refractivity contribution in [3.8, 4) is 0 Å². The van der Waals surface area contributed by atoms with Gasteiger partial charge in [0, 0.05) is 12.6 Å². The van der Waals surface area contributed by atoms with Crippen LogP contribution in [0.25, 0.3) is 0 Å². The second kappa shape index (κ2) is 6.72. The maximum absolute atomic E-state index is 13.2. The Labute approximate surface area is 129 Å². The lowest BCUT2D eigenvalue weighted by atomic mass is 10.1. The zero-order valence-corrected chi connectivity index (χ0v) is 13.0. The van der Waals surface area contributed by atoms with E-state index in [4.69, 9.17) is 5.11 Å². The largest absolute Gasteiger partial charge is 0.480 e. The number of aliphatic carboxylic acids is 1. The molecule has 1 fully saturated rings. The van der Waals surface area contributed by atoms with E-state index in [-0.39, 0.29) is 10.9 Å². The van der Waals surface area contributed by atoms with Crippen molar-refractivity contribution in [3.63, 3.8) is 0 Å². The summed E-state index contributed by atoms with van der Waals surface area (Å²) in [4.78, 5) is 12.6. The number of rotatable bonds is 5. The van der Waals surface area contributed by atoms with Crippen LogP contribution in [0.5, 0.6) is 0 Å². The first-order chi connectivity index (χ1) is 10.3. The van der Waals surface area contributed by atoms with Crippen molar-refractivity contribution in [1.82, 2.24) is 9.62 Å². The van der Waals surface area contributed by atoms with Crippen molar-refractivity contribution in [2.45, 2.75) is 36.7 Å². The third-order valence-electron chi connectivity index (χ3n) is 3.79. The summed E-state index contributed by atoms with van der Waals surface area (Å²) >= 11 is 0. The second-order valence-corrected chi connectivity index (χ2v) is 7.14. The van der Waals surface area contributed by atoms with Gasteiger partial charge in [0.1, 0.15) is 11.9 Å². The van der Waals surface area contributed by atoms with Gasteiger partial charge in [0.2, 0.25) is 10.0 Å². The molecule has 0 unspecified atom stereocenters. The van der Waals surface area contributed by atoms with E-state index in [9.17, 15) is 17.6 Å². The van der Waals surface area contributed by atoms with E-state index in [0.29, 0.717) is 25.9 Å². The number of sulfonamides is 1. The molecule has 1 aromatic rings. The summed E-state index contributed by atoms with van der Waals surface area (Å²) in [6.45, 7) is 2.51. The van der Waals surface area contributed by atoms with Crippen LogP contribution in [0.2, 0.25) is 0 Å². The Morgan fingerprint density at radius 1 is 1.50 bits per heavy atom. The van der Waals surface area contributed by atoms with Crippen LogP contribution < -0.4 is 4.72 Å². The Kier molecular flexibility index (Phi) is 5.15. The topological polar surface area (TPSA) is 86.7 Å². The lowest BCUT2D eigenvalue weighted by molar-refractivity contribution is -0.143. The number of benzene rings is 1. The minimum atomic E-state index is -3.82. The normalized spacial score (nSPS) is 21.5. The minimum Gasteiger partial charge on any atom is -0.480 e. The Balaban J connectivity index is 2.08. The van der Waals surface area contributed by atoms with Gasteiger partial charge >= 0.3 is 5.97 Å². The highest BCUT2D eigenvalue weighted by Crippen LogP contribution is 2.17. The fourth-order valence-electron chi connectivity index (χ4n) is 2.53. The predicted molar refractivity (Wildman–Crippen MR) is 78.4 cm³/mol. The van der Waals surface area contributed by atoms with E-state index in [1.807, 2.05) is 0 Å². The first-order valence-electron chi connectivity index (χ1n) is 7.04. The molecular formula is C14H19FN2O4S. The number of carboxylic acids is 1. The number of hydrogen-bond acceptors (Lipinski definition) is 4. The first kappa shape index (κ1) is 16.9. The standard InChI is InChI=1S/C14H19FN2O4S/c1-10(14(18)19)17-7-3-5-12(9-17)16-22(20,21)13-6-2-4-11(15)8-13/h2,4,6,8,10,12,16H,3,5,7,9H2,1H3,(H,18,19)/t10-,12+/m1/s1. The van der Waals surface area contributed by atoms with Crippen molar-refractivity contribution in [2.24, 2.45) is 0 Å². The van der Waals surface area contributed by atoms with Gasteiger partial charge in [-0.2, -0.15) is 0 Å². The van der Waals surface area contributed by atoms with Gasteiger partial charge in [-0.15, -0.1) is 0 Å². The average Bonchev–Trinajstić information content (AvgIpc) is 2.46. The molecule has 6 nitrogen and oxygen atoms in total. The molecule has 0 amide bonds. The SMILES string of the molecule is C[C@H](C(=O)O)N1CCC[C@H](NS(=O)(=O)c2cccc(F)c2)C1. The second-order valence-electron chi connectivity index (χ2n) is 5.43. The zero-order chi connectivity index (χ0) is 16.3. The molecule has 1 heterocycles. The molecule has 22 heavy (non-hydrogen) atoms. The number of nitrogens with zero attached hydrogens (tertiary/aromatic N) is 1. The van der Waals surface area contributed by atoms with Crippen LogP contribution in [0, 0.1) is 5.82 Å². The number of likely N-dealkylation sites (tertiary alicyclic amines) is 1. The molecule has 122 valence electrons. The van der Waals surface area contributed by atoms with Crippen LogP contribution in [0.4, 0.5) is 4.39 Å². The van der Waals surface area contributed by atoms with E-state index >= 15 is 0 Å². The fraction of sp³-hybridized carbons (Fsp3) is 0.500. The third kappa shape index (κ3) is 4.02.